The number of ether oxygens (including phenoxy) is 1. The van der Waals surface area contributed by atoms with Gasteiger partial charge in [-0.2, -0.15) is 0 Å². The van der Waals surface area contributed by atoms with Gasteiger partial charge in [0.25, 0.3) is 0 Å². The normalized spacial score (nSPS) is 11.9. The number of nitrogens with one attached hydrogen (secondary N) is 1. The zero-order valence-corrected chi connectivity index (χ0v) is 16.0. The van der Waals surface area contributed by atoms with Gasteiger partial charge in [-0.05, 0) is 48.2 Å². The molecular formula is C22H26FNO3. The van der Waals surface area contributed by atoms with Crippen molar-refractivity contribution in [3.05, 3.63) is 65.5 Å². The lowest BCUT2D eigenvalue weighted by atomic mass is 9.90. The minimum atomic E-state index is -0.309. The maximum Gasteiger partial charge on any atom is 0.224 e. The highest BCUT2D eigenvalue weighted by Crippen LogP contribution is 2.17. The fourth-order valence-electron chi connectivity index (χ4n) is 2.76. The van der Waals surface area contributed by atoms with E-state index in [2.05, 4.69) is 5.32 Å². The molecule has 0 aromatic heterocycles. The summed E-state index contributed by atoms with van der Waals surface area (Å²) in [6.45, 7) is 6.07. The van der Waals surface area contributed by atoms with Crippen molar-refractivity contribution in [2.24, 2.45) is 11.8 Å². The number of benzene rings is 2. The van der Waals surface area contributed by atoms with Gasteiger partial charge in [0.1, 0.15) is 24.0 Å². The van der Waals surface area contributed by atoms with Crippen molar-refractivity contribution < 1.29 is 18.7 Å². The van der Waals surface area contributed by atoms with Crippen LogP contribution in [-0.2, 0) is 22.7 Å². The van der Waals surface area contributed by atoms with E-state index in [1.165, 1.54) is 19.1 Å². The molecule has 0 aliphatic rings. The van der Waals surface area contributed by atoms with Gasteiger partial charge in [-0.3, -0.25) is 4.79 Å². The van der Waals surface area contributed by atoms with Crippen LogP contribution in [0.1, 0.15) is 38.3 Å². The lowest BCUT2D eigenvalue weighted by molar-refractivity contribution is -0.130. The Morgan fingerprint density at radius 3 is 2.37 bits per heavy atom. The molecule has 0 saturated carbocycles. The van der Waals surface area contributed by atoms with Gasteiger partial charge < -0.3 is 14.8 Å². The number of Topliss-reactive ketones (excluding diaryl/α,β-unsaturated/α-hetero) is 1. The van der Waals surface area contributed by atoms with Crippen LogP contribution in [0.25, 0.3) is 0 Å². The highest BCUT2D eigenvalue weighted by Gasteiger charge is 2.23. The minimum Gasteiger partial charge on any atom is -0.489 e. The van der Waals surface area contributed by atoms with Crippen LogP contribution in [0.5, 0.6) is 5.75 Å². The van der Waals surface area contributed by atoms with Gasteiger partial charge in [-0.15, -0.1) is 0 Å². The van der Waals surface area contributed by atoms with E-state index < -0.39 is 0 Å². The van der Waals surface area contributed by atoms with E-state index in [1.54, 1.807) is 12.1 Å². The van der Waals surface area contributed by atoms with Gasteiger partial charge in [0.05, 0.1) is 0 Å². The summed E-state index contributed by atoms with van der Waals surface area (Å²) in [5.74, 6) is 0.0943. The molecule has 0 heterocycles. The Balaban J connectivity index is 1.86. The number of rotatable bonds is 9. The molecule has 5 heteroatoms. The standard InChI is InChI=1S/C22H26FNO3/c1-15(2)21(11-16(3)25)22(26)24-13-17-7-9-20(10-8-17)27-14-18-5-4-6-19(23)12-18/h4-10,12,15,21H,11,13-14H2,1-3H3,(H,24,26)/t21-/m1/s1. The zero-order valence-electron chi connectivity index (χ0n) is 16.0. The summed E-state index contributed by atoms with van der Waals surface area (Å²) in [7, 11) is 0. The highest BCUT2D eigenvalue weighted by atomic mass is 19.1. The molecule has 0 bridgehead atoms. The quantitative estimate of drug-likeness (QED) is 0.716. The molecule has 144 valence electrons. The summed E-state index contributed by atoms with van der Waals surface area (Å²) in [5, 5.41) is 2.90. The molecule has 0 spiro atoms. The first-order valence-corrected chi connectivity index (χ1v) is 9.08. The largest absolute Gasteiger partial charge is 0.489 e. The van der Waals surface area contributed by atoms with Gasteiger partial charge in [0.15, 0.2) is 0 Å². The molecule has 27 heavy (non-hydrogen) atoms. The van der Waals surface area contributed by atoms with Crippen LogP contribution in [0.4, 0.5) is 4.39 Å². The number of ketones is 1. The molecule has 0 saturated heterocycles. The van der Waals surface area contributed by atoms with E-state index in [4.69, 9.17) is 4.74 Å². The molecule has 2 aromatic rings. The van der Waals surface area contributed by atoms with E-state index in [0.717, 1.165) is 11.1 Å². The Morgan fingerprint density at radius 2 is 1.78 bits per heavy atom. The Hall–Kier alpha value is -2.69. The Labute approximate surface area is 159 Å². The Kier molecular flexibility index (Phi) is 7.53. The monoisotopic (exact) mass is 371 g/mol. The molecular weight excluding hydrogens is 345 g/mol. The number of halogens is 1. The number of carbonyl (C=O) groups is 2. The van der Waals surface area contributed by atoms with Crippen LogP contribution in [-0.4, -0.2) is 11.7 Å². The molecule has 0 unspecified atom stereocenters. The lowest BCUT2D eigenvalue weighted by Gasteiger charge is -2.19. The minimum absolute atomic E-state index is 0.0173. The maximum absolute atomic E-state index is 13.2. The van der Waals surface area contributed by atoms with E-state index >= 15 is 0 Å². The average molecular weight is 371 g/mol. The Morgan fingerprint density at radius 1 is 1.07 bits per heavy atom. The number of carbonyl (C=O) groups excluding carboxylic acids is 2. The van der Waals surface area contributed by atoms with E-state index in [-0.39, 0.29) is 42.4 Å². The molecule has 1 atom stereocenters. The van der Waals surface area contributed by atoms with Crippen LogP contribution in [0.3, 0.4) is 0 Å². The van der Waals surface area contributed by atoms with Gasteiger partial charge >= 0.3 is 0 Å². The third-order valence-electron chi connectivity index (χ3n) is 4.33. The first-order valence-electron chi connectivity index (χ1n) is 9.08. The average Bonchev–Trinajstić information content (AvgIpc) is 2.63. The third-order valence-corrected chi connectivity index (χ3v) is 4.33. The summed E-state index contributed by atoms with van der Waals surface area (Å²) in [6, 6.07) is 13.7. The predicted octanol–water partition coefficient (Wildman–Crippen LogP) is 4.27. The third kappa shape index (κ3) is 6.85. The molecule has 1 N–H and O–H groups in total. The zero-order chi connectivity index (χ0) is 19.8. The predicted molar refractivity (Wildman–Crippen MR) is 103 cm³/mol. The van der Waals surface area contributed by atoms with Crippen LogP contribution in [0, 0.1) is 17.7 Å². The smallest absolute Gasteiger partial charge is 0.224 e. The molecule has 0 aliphatic carbocycles. The summed E-state index contributed by atoms with van der Waals surface area (Å²) in [4.78, 5) is 23.7. The van der Waals surface area contributed by atoms with Gasteiger partial charge in [-0.25, -0.2) is 4.39 Å². The van der Waals surface area contributed by atoms with E-state index in [1.807, 2.05) is 38.1 Å². The second-order valence-electron chi connectivity index (χ2n) is 7.04. The summed E-state index contributed by atoms with van der Waals surface area (Å²) in [6.07, 6.45) is 0.260. The van der Waals surface area contributed by atoms with Crippen LogP contribution >= 0.6 is 0 Å². The summed E-state index contributed by atoms with van der Waals surface area (Å²) < 4.78 is 18.8. The molecule has 2 aromatic carbocycles. The SMILES string of the molecule is CC(=O)C[C@@H](C(=O)NCc1ccc(OCc2cccc(F)c2)cc1)C(C)C. The fraction of sp³-hybridized carbons (Fsp3) is 0.364. The maximum atomic E-state index is 13.2. The van der Waals surface area contributed by atoms with Crippen LogP contribution in [0.15, 0.2) is 48.5 Å². The van der Waals surface area contributed by atoms with Crippen molar-refractivity contribution in [3.8, 4) is 5.75 Å². The number of hydrogen-bond acceptors (Lipinski definition) is 3. The topological polar surface area (TPSA) is 55.4 Å². The van der Waals surface area contributed by atoms with Crippen molar-refractivity contribution in [2.45, 2.75) is 40.3 Å². The lowest BCUT2D eigenvalue weighted by Crippen LogP contribution is -2.34. The van der Waals surface area contributed by atoms with Crippen LogP contribution in [0.2, 0.25) is 0 Å². The summed E-state index contributed by atoms with van der Waals surface area (Å²) >= 11 is 0. The van der Waals surface area contributed by atoms with Crippen molar-refractivity contribution in [1.82, 2.24) is 5.32 Å². The molecule has 0 radical (unpaired) electrons. The van der Waals surface area contributed by atoms with Crippen molar-refractivity contribution >= 4 is 11.7 Å². The first-order chi connectivity index (χ1) is 12.8. The molecule has 4 nitrogen and oxygen atoms in total. The van der Waals surface area contributed by atoms with Crippen molar-refractivity contribution in [1.29, 1.82) is 0 Å². The van der Waals surface area contributed by atoms with E-state index in [0.29, 0.717) is 12.3 Å². The van der Waals surface area contributed by atoms with Crippen molar-refractivity contribution in [3.63, 3.8) is 0 Å². The van der Waals surface area contributed by atoms with Gasteiger partial charge in [0, 0.05) is 18.9 Å². The Bertz CT molecular complexity index is 771. The van der Waals surface area contributed by atoms with E-state index in [9.17, 15) is 14.0 Å². The van der Waals surface area contributed by atoms with Gasteiger partial charge in [-0.1, -0.05) is 38.1 Å². The second-order valence-corrected chi connectivity index (χ2v) is 7.04. The van der Waals surface area contributed by atoms with Gasteiger partial charge in [0.2, 0.25) is 5.91 Å². The molecule has 0 aliphatic heterocycles. The number of amides is 1. The second kappa shape index (κ2) is 9.86. The highest BCUT2D eigenvalue weighted by molar-refractivity contribution is 5.85. The number of hydrogen-bond donors (Lipinski definition) is 1. The van der Waals surface area contributed by atoms with Crippen LogP contribution < -0.4 is 10.1 Å². The molecule has 1 amide bonds. The summed E-state index contributed by atoms with van der Waals surface area (Å²) in [5.41, 5.74) is 1.70. The van der Waals surface area contributed by atoms with Crippen molar-refractivity contribution in [2.75, 3.05) is 0 Å². The molecule has 2 rings (SSSR count). The first kappa shape index (κ1) is 20.6. The fourth-order valence-corrected chi connectivity index (χ4v) is 2.76. The molecule has 0 fully saturated rings.